The lowest BCUT2D eigenvalue weighted by atomic mass is 9.96. The predicted octanol–water partition coefficient (Wildman–Crippen LogP) is 3.75. The highest BCUT2D eigenvalue weighted by molar-refractivity contribution is 6.10. The SMILES string of the molecule is Cc1ccc(C(=O)c2cccc([N+](=O)[O-])c2C)cc1C. The molecule has 0 radical (unpaired) electrons. The van der Waals surface area contributed by atoms with Crippen LogP contribution in [0.2, 0.25) is 0 Å². The third-order valence-electron chi connectivity index (χ3n) is 3.52. The lowest BCUT2D eigenvalue weighted by molar-refractivity contribution is -0.385. The second-order valence-electron chi connectivity index (χ2n) is 4.83. The molecule has 0 aliphatic carbocycles. The number of hydrogen-bond acceptors (Lipinski definition) is 3. The first-order chi connectivity index (χ1) is 9.41. The first-order valence-electron chi connectivity index (χ1n) is 6.27. The van der Waals surface area contributed by atoms with Gasteiger partial charge in [-0.3, -0.25) is 14.9 Å². The fraction of sp³-hybridized carbons (Fsp3) is 0.188. The van der Waals surface area contributed by atoms with Crippen LogP contribution in [0.1, 0.15) is 32.6 Å². The fourth-order valence-electron chi connectivity index (χ4n) is 2.11. The maximum absolute atomic E-state index is 12.5. The zero-order chi connectivity index (χ0) is 14.9. The van der Waals surface area contributed by atoms with E-state index in [1.165, 1.54) is 6.07 Å². The molecule has 4 heteroatoms. The van der Waals surface area contributed by atoms with Crippen LogP contribution < -0.4 is 0 Å². The zero-order valence-electron chi connectivity index (χ0n) is 11.6. The second kappa shape index (κ2) is 5.25. The van der Waals surface area contributed by atoms with Crippen LogP contribution >= 0.6 is 0 Å². The predicted molar refractivity (Wildman–Crippen MR) is 77.2 cm³/mol. The zero-order valence-corrected chi connectivity index (χ0v) is 11.6. The number of aryl methyl sites for hydroxylation is 2. The highest BCUT2D eigenvalue weighted by atomic mass is 16.6. The first kappa shape index (κ1) is 13.9. The van der Waals surface area contributed by atoms with Crippen LogP contribution in [0.4, 0.5) is 5.69 Å². The van der Waals surface area contributed by atoms with Crippen molar-refractivity contribution in [3.63, 3.8) is 0 Å². The summed E-state index contributed by atoms with van der Waals surface area (Å²) in [6.45, 7) is 5.51. The molecule has 2 rings (SSSR count). The van der Waals surface area contributed by atoms with Gasteiger partial charge in [-0.05, 0) is 38.0 Å². The number of nitro groups is 1. The number of nitrogens with zero attached hydrogens (tertiary/aromatic N) is 1. The van der Waals surface area contributed by atoms with Gasteiger partial charge in [0.15, 0.2) is 5.78 Å². The number of nitro benzene ring substituents is 1. The van der Waals surface area contributed by atoms with E-state index < -0.39 is 4.92 Å². The van der Waals surface area contributed by atoms with Gasteiger partial charge in [0.2, 0.25) is 0 Å². The minimum absolute atomic E-state index is 0.0281. The largest absolute Gasteiger partial charge is 0.289 e. The van der Waals surface area contributed by atoms with Crippen molar-refractivity contribution in [2.75, 3.05) is 0 Å². The maximum Gasteiger partial charge on any atom is 0.273 e. The topological polar surface area (TPSA) is 60.2 Å². The Labute approximate surface area is 117 Å². The van der Waals surface area contributed by atoms with Crippen LogP contribution in [0.15, 0.2) is 36.4 Å². The van der Waals surface area contributed by atoms with Gasteiger partial charge >= 0.3 is 0 Å². The molecule has 0 saturated heterocycles. The van der Waals surface area contributed by atoms with Gasteiger partial charge in [0.25, 0.3) is 5.69 Å². The van der Waals surface area contributed by atoms with Gasteiger partial charge in [-0.2, -0.15) is 0 Å². The molecule has 102 valence electrons. The van der Waals surface area contributed by atoms with E-state index in [-0.39, 0.29) is 11.5 Å². The number of rotatable bonds is 3. The van der Waals surface area contributed by atoms with E-state index in [9.17, 15) is 14.9 Å². The summed E-state index contributed by atoms with van der Waals surface area (Å²) >= 11 is 0. The Balaban J connectivity index is 2.51. The van der Waals surface area contributed by atoms with E-state index in [2.05, 4.69) is 0 Å². The molecule has 0 bridgehead atoms. The number of carbonyl (C=O) groups excluding carboxylic acids is 1. The molecular weight excluding hydrogens is 254 g/mol. The standard InChI is InChI=1S/C16H15NO3/c1-10-7-8-13(9-11(10)2)16(18)14-5-4-6-15(12(14)3)17(19)20/h4-9H,1-3H3. The summed E-state index contributed by atoms with van der Waals surface area (Å²) in [4.78, 5) is 22.9. The normalized spacial score (nSPS) is 10.3. The Morgan fingerprint density at radius 3 is 2.35 bits per heavy atom. The van der Waals surface area contributed by atoms with Crippen LogP contribution in [0.25, 0.3) is 0 Å². The van der Waals surface area contributed by atoms with E-state index in [0.717, 1.165) is 11.1 Å². The first-order valence-corrected chi connectivity index (χ1v) is 6.27. The smallest absolute Gasteiger partial charge is 0.273 e. The number of ketones is 1. The molecule has 0 heterocycles. The van der Waals surface area contributed by atoms with Gasteiger partial charge in [-0.25, -0.2) is 0 Å². The third-order valence-corrected chi connectivity index (χ3v) is 3.52. The van der Waals surface area contributed by atoms with Crippen molar-refractivity contribution in [3.05, 3.63) is 74.3 Å². The molecule has 0 unspecified atom stereocenters. The Morgan fingerprint density at radius 2 is 1.75 bits per heavy atom. The molecule has 2 aromatic rings. The van der Waals surface area contributed by atoms with E-state index in [0.29, 0.717) is 16.7 Å². The van der Waals surface area contributed by atoms with Crippen LogP contribution in [-0.2, 0) is 0 Å². The molecule has 0 spiro atoms. The Bertz CT molecular complexity index is 705. The highest BCUT2D eigenvalue weighted by Gasteiger charge is 2.19. The minimum Gasteiger partial charge on any atom is -0.289 e. The lowest BCUT2D eigenvalue weighted by Crippen LogP contribution is -2.06. The average Bonchev–Trinajstić information content (AvgIpc) is 2.41. The van der Waals surface area contributed by atoms with Gasteiger partial charge in [0.05, 0.1) is 4.92 Å². The molecule has 4 nitrogen and oxygen atoms in total. The molecule has 0 saturated carbocycles. The van der Waals surface area contributed by atoms with Crippen molar-refractivity contribution in [1.29, 1.82) is 0 Å². The van der Waals surface area contributed by atoms with Gasteiger partial charge in [0, 0.05) is 22.8 Å². The molecule has 0 atom stereocenters. The summed E-state index contributed by atoms with van der Waals surface area (Å²) in [6.07, 6.45) is 0. The fourth-order valence-corrected chi connectivity index (χ4v) is 2.11. The molecule has 2 aromatic carbocycles. The molecule has 20 heavy (non-hydrogen) atoms. The summed E-state index contributed by atoms with van der Waals surface area (Å²) in [5.74, 6) is -0.186. The van der Waals surface area contributed by atoms with Crippen molar-refractivity contribution in [2.45, 2.75) is 20.8 Å². The summed E-state index contributed by atoms with van der Waals surface area (Å²) in [5, 5.41) is 10.9. The van der Waals surface area contributed by atoms with Gasteiger partial charge in [-0.1, -0.05) is 24.3 Å². The van der Waals surface area contributed by atoms with Crippen LogP contribution in [0.5, 0.6) is 0 Å². The van der Waals surface area contributed by atoms with Crippen molar-refractivity contribution in [2.24, 2.45) is 0 Å². The van der Waals surface area contributed by atoms with Crippen LogP contribution in [-0.4, -0.2) is 10.7 Å². The van der Waals surface area contributed by atoms with E-state index in [1.54, 1.807) is 25.1 Å². The Morgan fingerprint density at radius 1 is 1.05 bits per heavy atom. The maximum atomic E-state index is 12.5. The molecule has 0 N–H and O–H groups in total. The summed E-state index contributed by atoms with van der Waals surface area (Å²) < 4.78 is 0. The number of benzene rings is 2. The number of hydrogen-bond donors (Lipinski definition) is 0. The van der Waals surface area contributed by atoms with Crippen LogP contribution in [0.3, 0.4) is 0 Å². The molecular formula is C16H15NO3. The van der Waals surface area contributed by atoms with E-state index in [1.807, 2.05) is 26.0 Å². The Kier molecular flexibility index (Phi) is 3.66. The summed E-state index contributed by atoms with van der Waals surface area (Å²) in [7, 11) is 0. The van der Waals surface area contributed by atoms with Gasteiger partial charge < -0.3 is 0 Å². The van der Waals surface area contributed by atoms with E-state index in [4.69, 9.17) is 0 Å². The summed E-state index contributed by atoms with van der Waals surface area (Å²) in [6, 6.07) is 10.0. The quantitative estimate of drug-likeness (QED) is 0.484. The van der Waals surface area contributed by atoms with Crippen LogP contribution in [0, 0.1) is 30.9 Å². The lowest BCUT2D eigenvalue weighted by Gasteiger charge is -2.07. The Hall–Kier alpha value is -2.49. The minimum atomic E-state index is -0.466. The van der Waals surface area contributed by atoms with Crippen molar-refractivity contribution >= 4 is 11.5 Å². The molecule has 0 aromatic heterocycles. The van der Waals surface area contributed by atoms with Crippen molar-refractivity contribution < 1.29 is 9.72 Å². The highest BCUT2D eigenvalue weighted by Crippen LogP contribution is 2.24. The molecule has 0 fully saturated rings. The monoisotopic (exact) mass is 269 g/mol. The molecule has 0 aliphatic heterocycles. The van der Waals surface area contributed by atoms with Gasteiger partial charge in [-0.15, -0.1) is 0 Å². The third kappa shape index (κ3) is 2.45. The van der Waals surface area contributed by atoms with Gasteiger partial charge in [0.1, 0.15) is 0 Å². The number of carbonyl (C=O) groups is 1. The van der Waals surface area contributed by atoms with Crippen molar-refractivity contribution in [3.8, 4) is 0 Å². The summed E-state index contributed by atoms with van der Waals surface area (Å²) in [5.41, 5.74) is 3.44. The molecule has 0 amide bonds. The van der Waals surface area contributed by atoms with E-state index >= 15 is 0 Å². The van der Waals surface area contributed by atoms with Crippen molar-refractivity contribution in [1.82, 2.24) is 0 Å². The average molecular weight is 269 g/mol. The second-order valence-corrected chi connectivity index (χ2v) is 4.83. The molecule has 0 aliphatic rings.